The van der Waals surface area contributed by atoms with Crippen LogP contribution in [0.15, 0.2) is 0 Å². The molecule has 104 valence electrons. The summed E-state index contributed by atoms with van der Waals surface area (Å²) >= 11 is 0. The fraction of sp³-hybridized carbons (Fsp3) is 1.00. The van der Waals surface area contributed by atoms with Crippen molar-refractivity contribution in [2.24, 2.45) is 5.73 Å². The van der Waals surface area contributed by atoms with Crippen LogP contribution in [0.25, 0.3) is 0 Å². The number of hydrogen-bond donors (Lipinski definition) is 2. The van der Waals surface area contributed by atoms with E-state index in [0.29, 0.717) is 32.2 Å². The quantitative estimate of drug-likeness (QED) is 0.548. The lowest BCUT2D eigenvalue weighted by Crippen LogP contribution is -2.48. The fourth-order valence-electron chi connectivity index (χ4n) is 1.65. The molecule has 6 heteroatoms. The first kappa shape index (κ1) is 17.0. The van der Waals surface area contributed by atoms with Gasteiger partial charge in [-0.05, 0) is 40.2 Å². The molecule has 0 aliphatic carbocycles. The second-order valence-electron chi connectivity index (χ2n) is 3.88. The molecule has 0 heterocycles. The first-order chi connectivity index (χ1) is 8.14. The van der Waals surface area contributed by atoms with Gasteiger partial charge in [0.05, 0.1) is 0 Å². The van der Waals surface area contributed by atoms with Gasteiger partial charge in [0.2, 0.25) is 0 Å². The summed E-state index contributed by atoms with van der Waals surface area (Å²) in [6.45, 7) is 7.67. The second-order valence-corrected chi connectivity index (χ2v) is 6.56. The minimum Gasteiger partial charge on any atom is -0.396 e. The van der Waals surface area contributed by atoms with Crippen LogP contribution in [0.2, 0.25) is 6.04 Å². The molecule has 1 atom stereocenters. The SMILES string of the molecule is CCO[Si](CCCO)(OCC)OC(C)CCN. The fourth-order valence-corrected chi connectivity index (χ4v) is 4.48. The van der Waals surface area contributed by atoms with Gasteiger partial charge >= 0.3 is 8.80 Å². The minimum atomic E-state index is -2.63. The van der Waals surface area contributed by atoms with Crippen LogP contribution in [-0.4, -0.2) is 46.4 Å². The van der Waals surface area contributed by atoms with Crippen LogP contribution in [-0.2, 0) is 13.3 Å². The highest BCUT2D eigenvalue weighted by Crippen LogP contribution is 2.20. The Hall–Kier alpha value is 0.0169. The van der Waals surface area contributed by atoms with Crippen molar-refractivity contribution in [3.8, 4) is 0 Å². The van der Waals surface area contributed by atoms with Crippen LogP contribution in [0.1, 0.15) is 33.6 Å². The molecule has 17 heavy (non-hydrogen) atoms. The third-order valence-corrected chi connectivity index (χ3v) is 5.51. The Morgan fingerprint density at radius 2 is 1.82 bits per heavy atom. The molecule has 0 spiro atoms. The van der Waals surface area contributed by atoms with Crippen molar-refractivity contribution in [3.63, 3.8) is 0 Å². The van der Waals surface area contributed by atoms with Crippen molar-refractivity contribution >= 4 is 8.80 Å². The Bertz CT molecular complexity index is 177. The van der Waals surface area contributed by atoms with E-state index in [2.05, 4.69) is 0 Å². The van der Waals surface area contributed by atoms with Crippen molar-refractivity contribution in [3.05, 3.63) is 0 Å². The summed E-state index contributed by atoms with van der Waals surface area (Å²) in [7, 11) is -2.63. The van der Waals surface area contributed by atoms with E-state index in [-0.39, 0.29) is 12.7 Å². The van der Waals surface area contributed by atoms with Crippen molar-refractivity contribution in [2.45, 2.75) is 45.8 Å². The van der Waals surface area contributed by atoms with Gasteiger partial charge in [-0.15, -0.1) is 0 Å². The standard InChI is InChI=1S/C11H27NO4Si/c1-4-14-17(15-5-2,10-6-9-13)16-11(3)7-8-12/h11,13H,4-10,12H2,1-3H3. The molecule has 0 aromatic heterocycles. The summed E-state index contributed by atoms with van der Waals surface area (Å²) in [4.78, 5) is 0. The molecule has 0 saturated carbocycles. The molecular weight excluding hydrogens is 238 g/mol. The van der Waals surface area contributed by atoms with Gasteiger partial charge in [0, 0.05) is 32.0 Å². The predicted molar refractivity (Wildman–Crippen MR) is 69.7 cm³/mol. The summed E-state index contributed by atoms with van der Waals surface area (Å²) in [5.74, 6) is 0. The molecule has 0 aliphatic heterocycles. The van der Waals surface area contributed by atoms with Crippen LogP contribution in [0.4, 0.5) is 0 Å². The number of aliphatic hydroxyl groups excluding tert-OH is 1. The molecule has 0 amide bonds. The topological polar surface area (TPSA) is 73.9 Å². The summed E-state index contributed by atoms with van der Waals surface area (Å²) in [5.41, 5.74) is 5.51. The molecular formula is C11H27NO4Si. The molecule has 0 saturated heterocycles. The van der Waals surface area contributed by atoms with Crippen LogP contribution in [0.5, 0.6) is 0 Å². The number of aliphatic hydroxyl groups is 1. The Kier molecular flexibility index (Phi) is 10.00. The lowest BCUT2D eigenvalue weighted by molar-refractivity contribution is 0.0350. The van der Waals surface area contributed by atoms with Gasteiger partial charge < -0.3 is 24.1 Å². The number of nitrogens with two attached hydrogens (primary N) is 1. The molecule has 0 aromatic rings. The largest absolute Gasteiger partial charge is 0.501 e. The average Bonchev–Trinajstić information content (AvgIpc) is 2.27. The van der Waals surface area contributed by atoms with Gasteiger partial charge in [0.1, 0.15) is 0 Å². The van der Waals surface area contributed by atoms with Crippen molar-refractivity contribution in [1.29, 1.82) is 0 Å². The molecule has 0 radical (unpaired) electrons. The smallest absolute Gasteiger partial charge is 0.396 e. The van der Waals surface area contributed by atoms with Crippen molar-refractivity contribution in [1.82, 2.24) is 0 Å². The molecule has 0 aliphatic rings. The molecule has 0 rings (SSSR count). The molecule has 0 bridgehead atoms. The highest BCUT2D eigenvalue weighted by Gasteiger charge is 2.41. The maximum atomic E-state index is 8.94. The average molecular weight is 265 g/mol. The van der Waals surface area contributed by atoms with Gasteiger partial charge in [-0.3, -0.25) is 0 Å². The number of rotatable bonds is 11. The third-order valence-electron chi connectivity index (χ3n) is 2.32. The van der Waals surface area contributed by atoms with Crippen LogP contribution in [0.3, 0.4) is 0 Å². The lowest BCUT2D eigenvalue weighted by atomic mass is 10.3. The molecule has 1 unspecified atom stereocenters. The van der Waals surface area contributed by atoms with Gasteiger partial charge in [-0.2, -0.15) is 0 Å². The zero-order valence-corrected chi connectivity index (χ0v) is 12.3. The van der Waals surface area contributed by atoms with Gasteiger partial charge in [-0.25, -0.2) is 0 Å². The zero-order valence-electron chi connectivity index (χ0n) is 11.3. The monoisotopic (exact) mass is 265 g/mol. The third kappa shape index (κ3) is 7.12. The van der Waals surface area contributed by atoms with E-state index in [0.717, 1.165) is 6.42 Å². The van der Waals surface area contributed by atoms with E-state index < -0.39 is 8.80 Å². The second kappa shape index (κ2) is 9.99. The Morgan fingerprint density at radius 1 is 1.24 bits per heavy atom. The highest BCUT2D eigenvalue weighted by molar-refractivity contribution is 6.60. The zero-order chi connectivity index (χ0) is 13.1. The van der Waals surface area contributed by atoms with Crippen LogP contribution < -0.4 is 5.73 Å². The molecule has 3 N–H and O–H groups in total. The van der Waals surface area contributed by atoms with Crippen molar-refractivity contribution in [2.75, 3.05) is 26.4 Å². The molecule has 0 aromatic carbocycles. The lowest BCUT2D eigenvalue weighted by Gasteiger charge is -2.31. The Labute approximate surface area is 106 Å². The van der Waals surface area contributed by atoms with Gasteiger partial charge in [0.15, 0.2) is 0 Å². The minimum absolute atomic E-state index is 0.0310. The van der Waals surface area contributed by atoms with E-state index in [4.69, 9.17) is 24.1 Å². The normalized spacial score (nSPS) is 13.9. The van der Waals surface area contributed by atoms with E-state index >= 15 is 0 Å². The first-order valence-corrected chi connectivity index (χ1v) is 8.34. The van der Waals surface area contributed by atoms with E-state index in [1.807, 2.05) is 20.8 Å². The van der Waals surface area contributed by atoms with Gasteiger partial charge in [0.25, 0.3) is 0 Å². The molecule has 5 nitrogen and oxygen atoms in total. The Balaban J connectivity index is 4.50. The van der Waals surface area contributed by atoms with Crippen LogP contribution in [0, 0.1) is 0 Å². The van der Waals surface area contributed by atoms with Gasteiger partial charge in [-0.1, -0.05) is 0 Å². The van der Waals surface area contributed by atoms with Crippen LogP contribution >= 0.6 is 0 Å². The maximum absolute atomic E-state index is 8.94. The first-order valence-electron chi connectivity index (χ1n) is 6.40. The van der Waals surface area contributed by atoms with Crippen molar-refractivity contribution < 1.29 is 18.4 Å². The summed E-state index contributed by atoms with van der Waals surface area (Å²) in [6.07, 6.45) is 1.46. The Morgan fingerprint density at radius 3 is 2.24 bits per heavy atom. The van der Waals surface area contributed by atoms with E-state index in [9.17, 15) is 0 Å². The summed E-state index contributed by atoms with van der Waals surface area (Å²) < 4.78 is 17.4. The maximum Gasteiger partial charge on any atom is 0.501 e. The summed E-state index contributed by atoms with van der Waals surface area (Å²) in [5, 5.41) is 8.94. The predicted octanol–water partition coefficient (Wildman–Crippen LogP) is 1.13. The van der Waals surface area contributed by atoms with E-state index in [1.165, 1.54) is 0 Å². The van der Waals surface area contributed by atoms with E-state index in [1.54, 1.807) is 0 Å². The number of hydrogen-bond acceptors (Lipinski definition) is 5. The molecule has 0 fully saturated rings. The highest BCUT2D eigenvalue weighted by atomic mass is 28.4. The summed E-state index contributed by atoms with van der Waals surface area (Å²) in [6, 6.07) is 0.653.